The van der Waals surface area contributed by atoms with Crippen molar-refractivity contribution in [2.75, 3.05) is 47.1 Å². The molecule has 26 heavy (non-hydrogen) atoms. The Hall–Kier alpha value is -1.95. The van der Waals surface area contributed by atoms with E-state index in [9.17, 15) is 0 Å². The average molecular weight is 366 g/mol. The fourth-order valence-corrected chi connectivity index (χ4v) is 2.38. The van der Waals surface area contributed by atoms with Gasteiger partial charge in [-0.15, -0.1) is 0 Å². The normalized spacial score (nSPS) is 11.5. The molecule has 0 heterocycles. The van der Waals surface area contributed by atoms with Gasteiger partial charge in [-0.25, -0.2) is 0 Å². The molecule has 1 aromatic rings. The van der Waals surface area contributed by atoms with E-state index in [4.69, 9.17) is 14.2 Å². The molecule has 6 nitrogen and oxygen atoms in total. The predicted molar refractivity (Wildman–Crippen MR) is 108 cm³/mol. The monoisotopic (exact) mass is 365 g/mol. The van der Waals surface area contributed by atoms with Crippen LogP contribution in [-0.2, 0) is 11.2 Å². The van der Waals surface area contributed by atoms with Crippen LogP contribution in [0.2, 0.25) is 0 Å². The van der Waals surface area contributed by atoms with Crippen molar-refractivity contribution >= 4 is 5.96 Å². The topological polar surface area (TPSA) is 64.1 Å². The molecule has 0 unspecified atom stereocenters. The van der Waals surface area contributed by atoms with E-state index >= 15 is 0 Å². The van der Waals surface area contributed by atoms with Gasteiger partial charge < -0.3 is 24.8 Å². The summed E-state index contributed by atoms with van der Waals surface area (Å²) in [4.78, 5) is 4.59. The molecule has 0 amide bonds. The molecule has 0 aromatic heterocycles. The van der Waals surface area contributed by atoms with Crippen molar-refractivity contribution in [2.45, 2.75) is 33.6 Å². The Morgan fingerprint density at radius 3 is 2.54 bits per heavy atom. The van der Waals surface area contributed by atoms with Crippen molar-refractivity contribution in [3.8, 4) is 11.5 Å². The maximum absolute atomic E-state index is 5.58. The molecule has 0 aliphatic carbocycles. The second-order valence-electron chi connectivity index (χ2n) is 6.45. The predicted octanol–water partition coefficient (Wildman–Crippen LogP) is 2.86. The Kier molecular flexibility index (Phi) is 11.3. The second kappa shape index (κ2) is 13.3. The summed E-state index contributed by atoms with van der Waals surface area (Å²) in [7, 11) is 3.30. The van der Waals surface area contributed by atoms with E-state index in [-0.39, 0.29) is 0 Å². The lowest BCUT2D eigenvalue weighted by Crippen LogP contribution is -2.38. The summed E-state index contributed by atoms with van der Waals surface area (Å²) < 4.78 is 16.2. The first kappa shape index (κ1) is 22.1. The number of nitrogens with one attached hydrogen (secondary N) is 2. The first-order valence-electron chi connectivity index (χ1n) is 9.41. The van der Waals surface area contributed by atoms with E-state index in [2.05, 4.69) is 42.5 Å². The van der Waals surface area contributed by atoms with Crippen LogP contribution in [0.4, 0.5) is 0 Å². The molecular weight excluding hydrogens is 330 g/mol. The van der Waals surface area contributed by atoms with Crippen LogP contribution in [0, 0.1) is 5.92 Å². The van der Waals surface area contributed by atoms with Gasteiger partial charge >= 0.3 is 0 Å². The third-order valence-corrected chi connectivity index (χ3v) is 3.67. The quantitative estimate of drug-likeness (QED) is 0.339. The zero-order valence-corrected chi connectivity index (χ0v) is 16.9. The van der Waals surface area contributed by atoms with E-state index in [1.165, 1.54) is 5.56 Å². The summed E-state index contributed by atoms with van der Waals surface area (Å²) in [5.41, 5.74) is 1.19. The molecule has 6 heteroatoms. The van der Waals surface area contributed by atoms with Gasteiger partial charge in [0.1, 0.15) is 0 Å². The molecule has 2 N–H and O–H groups in total. The minimum Gasteiger partial charge on any atom is -0.493 e. The summed E-state index contributed by atoms with van der Waals surface area (Å²) in [6, 6.07) is 6.00. The third-order valence-electron chi connectivity index (χ3n) is 3.67. The molecule has 1 rings (SSSR count). The minimum absolute atomic E-state index is 0.578. The number of guanidine groups is 1. The molecule has 1 aromatic carbocycles. The SMILES string of the molecule is CCNC(=NCCCOCC(C)C)NCCc1ccc(OC)c(OC)c1. The Bertz CT molecular complexity index is 533. The standard InChI is InChI=1S/C20H35N3O3/c1-6-21-20(22-11-7-13-26-15-16(2)3)23-12-10-17-8-9-18(24-4)19(14-17)25-5/h8-9,14,16H,6-7,10-13,15H2,1-5H3,(H2,21,22,23). The van der Waals surface area contributed by atoms with E-state index in [1.54, 1.807) is 14.2 Å². The molecule has 148 valence electrons. The van der Waals surface area contributed by atoms with E-state index in [0.717, 1.165) is 63.1 Å². The van der Waals surface area contributed by atoms with Gasteiger partial charge in [0.25, 0.3) is 0 Å². The first-order valence-corrected chi connectivity index (χ1v) is 9.41. The average Bonchev–Trinajstić information content (AvgIpc) is 2.64. The van der Waals surface area contributed by atoms with Crippen LogP contribution in [0.3, 0.4) is 0 Å². The highest BCUT2D eigenvalue weighted by molar-refractivity contribution is 5.79. The molecule has 0 saturated carbocycles. The second-order valence-corrected chi connectivity index (χ2v) is 6.45. The summed E-state index contributed by atoms with van der Waals surface area (Å²) in [6.07, 6.45) is 1.81. The van der Waals surface area contributed by atoms with Crippen molar-refractivity contribution < 1.29 is 14.2 Å². The molecule has 0 aliphatic rings. The van der Waals surface area contributed by atoms with Gasteiger partial charge in [0.15, 0.2) is 17.5 Å². The Morgan fingerprint density at radius 1 is 1.12 bits per heavy atom. The Balaban J connectivity index is 2.39. The number of ether oxygens (including phenoxy) is 3. The van der Waals surface area contributed by atoms with Crippen LogP contribution in [0.15, 0.2) is 23.2 Å². The van der Waals surface area contributed by atoms with Gasteiger partial charge in [-0.05, 0) is 43.4 Å². The van der Waals surface area contributed by atoms with Gasteiger partial charge in [-0.2, -0.15) is 0 Å². The van der Waals surface area contributed by atoms with Crippen molar-refractivity contribution in [3.63, 3.8) is 0 Å². The van der Waals surface area contributed by atoms with Crippen molar-refractivity contribution in [1.82, 2.24) is 10.6 Å². The molecule has 0 saturated heterocycles. The zero-order valence-electron chi connectivity index (χ0n) is 16.9. The lowest BCUT2D eigenvalue weighted by atomic mass is 10.1. The van der Waals surface area contributed by atoms with E-state index in [0.29, 0.717) is 5.92 Å². The fraction of sp³-hybridized carbons (Fsp3) is 0.650. The van der Waals surface area contributed by atoms with Crippen LogP contribution >= 0.6 is 0 Å². The van der Waals surface area contributed by atoms with Crippen LogP contribution in [0.1, 0.15) is 32.8 Å². The molecule has 0 bridgehead atoms. The number of hydrogen-bond donors (Lipinski definition) is 2. The zero-order chi connectivity index (χ0) is 19.2. The fourth-order valence-electron chi connectivity index (χ4n) is 2.38. The summed E-state index contributed by atoms with van der Waals surface area (Å²) in [5.74, 6) is 2.93. The number of methoxy groups -OCH3 is 2. The molecule has 0 atom stereocenters. The number of aliphatic imine (C=N–C) groups is 1. The van der Waals surface area contributed by atoms with Gasteiger partial charge in [-0.1, -0.05) is 19.9 Å². The van der Waals surface area contributed by atoms with Crippen LogP contribution in [0.25, 0.3) is 0 Å². The third kappa shape index (κ3) is 8.94. The highest BCUT2D eigenvalue weighted by atomic mass is 16.5. The minimum atomic E-state index is 0.578. The number of rotatable bonds is 12. The number of hydrogen-bond acceptors (Lipinski definition) is 4. The maximum atomic E-state index is 5.58. The summed E-state index contributed by atoms with van der Waals surface area (Å²) >= 11 is 0. The van der Waals surface area contributed by atoms with Gasteiger partial charge in [0.05, 0.1) is 14.2 Å². The lowest BCUT2D eigenvalue weighted by molar-refractivity contribution is 0.109. The van der Waals surface area contributed by atoms with Gasteiger partial charge in [0.2, 0.25) is 0 Å². The first-order chi connectivity index (χ1) is 12.6. The van der Waals surface area contributed by atoms with E-state index < -0.39 is 0 Å². The maximum Gasteiger partial charge on any atom is 0.191 e. The molecular formula is C20H35N3O3. The highest BCUT2D eigenvalue weighted by Crippen LogP contribution is 2.27. The smallest absolute Gasteiger partial charge is 0.191 e. The molecule has 0 fully saturated rings. The van der Waals surface area contributed by atoms with Crippen molar-refractivity contribution in [1.29, 1.82) is 0 Å². The summed E-state index contributed by atoms with van der Waals surface area (Å²) in [6.45, 7) is 10.3. The van der Waals surface area contributed by atoms with Crippen LogP contribution in [-0.4, -0.2) is 53.0 Å². The Morgan fingerprint density at radius 2 is 1.88 bits per heavy atom. The largest absolute Gasteiger partial charge is 0.493 e. The Labute approximate surface area is 158 Å². The van der Waals surface area contributed by atoms with Gasteiger partial charge in [0, 0.05) is 32.8 Å². The van der Waals surface area contributed by atoms with Crippen molar-refractivity contribution in [3.05, 3.63) is 23.8 Å². The molecule has 0 spiro atoms. The van der Waals surface area contributed by atoms with Crippen molar-refractivity contribution in [2.24, 2.45) is 10.9 Å². The van der Waals surface area contributed by atoms with Crippen LogP contribution < -0.4 is 20.1 Å². The lowest BCUT2D eigenvalue weighted by Gasteiger charge is -2.13. The molecule has 0 aliphatic heterocycles. The highest BCUT2D eigenvalue weighted by Gasteiger charge is 2.05. The van der Waals surface area contributed by atoms with Crippen LogP contribution in [0.5, 0.6) is 11.5 Å². The van der Waals surface area contributed by atoms with Gasteiger partial charge in [-0.3, -0.25) is 4.99 Å². The number of nitrogens with zero attached hydrogens (tertiary/aromatic N) is 1. The summed E-state index contributed by atoms with van der Waals surface area (Å²) in [5, 5.41) is 6.64. The molecule has 0 radical (unpaired) electrons. The van der Waals surface area contributed by atoms with E-state index in [1.807, 2.05) is 12.1 Å². The number of benzene rings is 1.